The Bertz CT molecular complexity index is 3830. The number of anilines is 3. The van der Waals surface area contributed by atoms with Crippen molar-refractivity contribution in [3.8, 4) is 39.1 Å². The van der Waals surface area contributed by atoms with E-state index < -0.39 is 5.41 Å². The van der Waals surface area contributed by atoms with Gasteiger partial charge >= 0.3 is 0 Å². The van der Waals surface area contributed by atoms with Gasteiger partial charge in [-0.15, -0.1) is 0 Å². The summed E-state index contributed by atoms with van der Waals surface area (Å²) in [6.07, 6.45) is 0. The number of hydrogen-bond donors (Lipinski definition) is 0. The fourth-order valence-corrected chi connectivity index (χ4v) is 12.6. The highest BCUT2D eigenvalue weighted by Crippen LogP contribution is 2.62. The van der Waals surface area contributed by atoms with Crippen molar-refractivity contribution in [1.29, 1.82) is 0 Å². The molecule has 2 heterocycles. The lowest BCUT2D eigenvalue weighted by atomic mass is 9.65. The van der Waals surface area contributed by atoms with Crippen LogP contribution in [0.5, 0.6) is 0 Å². The molecule has 0 atom stereocenters. The number of nitrogens with zero attached hydrogens (tertiary/aromatic N) is 2. The van der Waals surface area contributed by atoms with Gasteiger partial charge in [0.25, 0.3) is 0 Å². The van der Waals surface area contributed by atoms with Crippen LogP contribution in [0.15, 0.2) is 206 Å². The Kier molecular flexibility index (Phi) is 7.55. The molecular formula is C64H46N2. The third-order valence-corrected chi connectivity index (χ3v) is 15.5. The smallest absolute Gasteiger partial charge is 0.0754 e. The van der Waals surface area contributed by atoms with Crippen molar-refractivity contribution in [3.63, 3.8) is 0 Å². The van der Waals surface area contributed by atoms with Gasteiger partial charge in [-0.3, -0.25) is 0 Å². The van der Waals surface area contributed by atoms with Crippen LogP contribution in [-0.4, -0.2) is 4.57 Å². The second-order valence-electron chi connectivity index (χ2n) is 19.4. The molecule has 14 rings (SSSR count). The minimum Gasteiger partial charge on any atom is -0.309 e. The van der Waals surface area contributed by atoms with Crippen molar-refractivity contribution in [2.45, 2.75) is 38.5 Å². The fraction of sp³-hybridized carbons (Fsp3) is 0.0938. The first-order valence-corrected chi connectivity index (χ1v) is 23.3. The molecule has 1 aliphatic heterocycles. The molecule has 2 nitrogen and oxygen atoms in total. The summed E-state index contributed by atoms with van der Waals surface area (Å²) in [5.74, 6) is 0. The minimum absolute atomic E-state index is 0.114. The molecule has 0 saturated carbocycles. The van der Waals surface area contributed by atoms with Crippen LogP contribution >= 0.6 is 0 Å². The molecular weight excluding hydrogens is 797 g/mol. The first-order chi connectivity index (χ1) is 32.3. The highest BCUT2D eigenvalue weighted by atomic mass is 15.1. The van der Waals surface area contributed by atoms with Gasteiger partial charge in [-0.25, -0.2) is 0 Å². The topological polar surface area (TPSA) is 8.17 Å². The third-order valence-electron chi connectivity index (χ3n) is 15.5. The van der Waals surface area contributed by atoms with E-state index in [0.29, 0.717) is 0 Å². The number of hydrogen-bond acceptors (Lipinski definition) is 1. The van der Waals surface area contributed by atoms with E-state index >= 15 is 0 Å². The molecule has 0 radical (unpaired) electrons. The van der Waals surface area contributed by atoms with E-state index in [1.165, 1.54) is 128 Å². The van der Waals surface area contributed by atoms with Crippen molar-refractivity contribution in [2.24, 2.45) is 0 Å². The summed E-state index contributed by atoms with van der Waals surface area (Å²) in [7, 11) is 0. The van der Waals surface area contributed by atoms with Gasteiger partial charge in [0.1, 0.15) is 0 Å². The van der Waals surface area contributed by atoms with E-state index in [2.05, 4.69) is 243 Å². The summed E-state index contributed by atoms with van der Waals surface area (Å²) >= 11 is 0. The Morgan fingerprint density at radius 1 is 0.409 bits per heavy atom. The fourth-order valence-electron chi connectivity index (χ4n) is 12.6. The highest BCUT2D eigenvalue weighted by Gasteiger charge is 2.51. The minimum atomic E-state index is -0.509. The predicted octanol–water partition coefficient (Wildman–Crippen LogP) is 16.7. The summed E-state index contributed by atoms with van der Waals surface area (Å²) < 4.78 is 2.57. The van der Waals surface area contributed by atoms with E-state index in [9.17, 15) is 0 Å². The molecule has 1 spiro atoms. The molecule has 10 aromatic carbocycles. The molecule has 0 saturated heterocycles. The van der Waals surface area contributed by atoms with Crippen LogP contribution in [0.3, 0.4) is 0 Å². The van der Waals surface area contributed by atoms with E-state index in [1.54, 1.807) is 0 Å². The van der Waals surface area contributed by atoms with Gasteiger partial charge in [-0.1, -0.05) is 177 Å². The maximum atomic E-state index is 2.57. The maximum Gasteiger partial charge on any atom is 0.0754 e. The zero-order valence-electron chi connectivity index (χ0n) is 37.5. The van der Waals surface area contributed by atoms with Crippen molar-refractivity contribution < 1.29 is 0 Å². The van der Waals surface area contributed by atoms with Crippen LogP contribution in [0.25, 0.3) is 71.6 Å². The van der Waals surface area contributed by atoms with Crippen molar-refractivity contribution in [3.05, 3.63) is 251 Å². The summed E-state index contributed by atoms with van der Waals surface area (Å²) in [6.45, 7) is 9.22. The first-order valence-electron chi connectivity index (χ1n) is 23.3. The molecule has 312 valence electrons. The molecule has 11 aromatic rings. The number of fused-ring (bicyclic) bond motifs is 16. The van der Waals surface area contributed by atoms with Crippen LogP contribution in [0, 0.1) is 13.8 Å². The molecule has 3 aliphatic rings. The van der Waals surface area contributed by atoms with E-state index in [-0.39, 0.29) is 5.41 Å². The van der Waals surface area contributed by atoms with Gasteiger partial charge in [0, 0.05) is 32.8 Å². The quantitative estimate of drug-likeness (QED) is 0.171. The Labute approximate surface area is 385 Å². The van der Waals surface area contributed by atoms with Crippen LogP contribution in [0.2, 0.25) is 0 Å². The largest absolute Gasteiger partial charge is 0.309 e. The normalized spacial score (nSPS) is 14.3. The van der Waals surface area contributed by atoms with E-state index in [0.717, 1.165) is 5.69 Å². The Hall–Kier alpha value is -7.94. The van der Waals surface area contributed by atoms with Crippen molar-refractivity contribution in [2.75, 3.05) is 4.90 Å². The number of aryl methyl sites for hydroxylation is 2. The van der Waals surface area contributed by atoms with Gasteiger partial charge in [-0.05, 0) is 135 Å². The molecule has 0 bridgehead atoms. The second-order valence-corrected chi connectivity index (χ2v) is 19.4. The number of benzene rings is 10. The summed E-state index contributed by atoms with van der Waals surface area (Å²) in [5.41, 5.74) is 25.0. The average molecular weight is 843 g/mol. The van der Waals surface area contributed by atoms with Crippen molar-refractivity contribution in [1.82, 2.24) is 4.57 Å². The number of rotatable bonds is 4. The summed E-state index contributed by atoms with van der Waals surface area (Å²) in [5, 5.41) is 5.08. The SMILES string of the molecule is Cc1ccc2c(c1)c1cc(C)cc3c1n2-c1ccc(-c2ccc(N(c4cccc5c4-c4ccccc4C5(C)C)c4cccc5ccccc45)cc2)cc1C31c2ccccc2-c2ccccc21. The average Bonchev–Trinajstić information content (AvgIpc) is 3.92. The molecule has 0 N–H and O–H groups in total. The van der Waals surface area contributed by atoms with Gasteiger partial charge in [0.15, 0.2) is 0 Å². The monoisotopic (exact) mass is 842 g/mol. The molecule has 0 amide bonds. The molecule has 0 unspecified atom stereocenters. The molecule has 2 aliphatic carbocycles. The van der Waals surface area contributed by atoms with Crippen LogP contribution < -0.4 is 4.90 Å². The lowest BCUT2D eigenvalue weighted by Gasteiger charge is -2.40. The predicted molar refractivity (Wildman–Crippen MR) is 276 cm³/mol. The summed E-state index contributed by atoms with van der Waals surface area (Å²) in [6, 6.07) is 78.2. The van der Waals surface area contributed by atoms with Crippen LogP contribution in [0.4, 0.5) is 17.1 Å². The Morgan fingerprint density at radius 2 is 1.03 bits per heavy atom. The van der Waals surface area contributed by atoms with Crippen LogP contribution in [-0.2, 0) is 10.8 Å². The van der Waals surface area contributed by atoms with Gasteiger partial charge < -0.3 is 9.47 Å². The van der Waals surface area contributed by atoms with Crippen molar-refractivity contribution >= 4 is 49.6 Å². The second kappa shape index (κ2) is 13.3. The zero-order chi connectivity index (χ0) is 44.1. The maximum absolute atomic E-state index is 2.57. The number of aromatic nitrogens is 1. The molecule has 0 fully saturated rings. The van der Waals surface area contributed by atoms with E-state index in [4.69, 9.17) is 0 Å². The Morgan fingerprint density at radius 3 is 1.82 bits per heavy atom. The first kappa shape index (κ1) is 37.4. The third kappa shape index (κ3) is 4.81. The van der Waals surface area contributed by atoms with Gasteiger partial charge in [0.2, 0.25) is 0 Å². The van der Waals surface area contributed by atoms with Crippen LogP contribution in [0.1, 0.15) is 58.4 Å². The Balaban J connectivity index is 1.00. The van der Waals surface area contributed by atoms with Gasteiger partial charge in [-0.2, -0.15) is 0 Å². The summed E-state index contributed by atoms with van der Waals surface area (Å²) in [4.78, 5) is 2.50. The van der Waals surface area contributed by atoms with Gasteiger partial charge in [0.05, 0.1) is 33.5 Å². The molecule has 66 heavy (non-hydrogen) atoms. The molecule has 2 heteroatoms. The lowest BCUT2D eigenvalue weighted by molar-refractivity contribution is 0.660. The highest BCUT2D eigenvalue weighted by molar-refractivity contribution is 6.13. The zero-order valence-corrected chi connectivity index (χ0v) is 37.5. The lowest BCUT2D eigenvalue weighted by Crippen LogP contribution is -2.33. The molecule has 1 aromatic heterocycles. The van der Waals surface area contributed by atoms with E-state index in [1.807, 2.05) is 0 Å². The standard InChI is InChI=1S/C64H46N2/c1-39-27-33-58-49(35-39)50-36-40(2)37-56-62(50)66(58)59-34-30-43(38-55(59)64(56)52-22-11-7-18-46(52)47-19-8-12-23-53(47)64)41-28-31-44(32-29-41)65(57-25-13-16-42-15-5-6-17-45(42)57)60-26-14-24-54-61(60)48-20-9-10-21-51(48)63(54,3)4/h5-38H,1-4H3.